The molecule has 22 heavy (non-hydrogen) atoms. The molecule has 0 N–H and O–H groups in total. The molecule has 1 aromatic heterocycles. The smallest absolute Gasteiger partial charge is 0.185 e. The molecule has 0 saturated heterocycles. The van der Waals surface area contributed by atoms with Crippen LogP contribution in [0.4, 0.5) is 5.13 Å². The van der Waals surface area contributed by atoms with E-state index in [2.05, 4.69) is 35.2 Å². The lowest BCUT2D eigenvalue weighted by Crippen LogP contribution is -2.07. The van der Waals surface area contributed by atoms with Gasteiger partial charge in [0.25, 0.3) is 0 Å². The van der Waals surface area contributed by atoms with Crippen molar-refractivity contribution in [2.45, 2.75) is 6.42 Å². The molecular weight excluding hydrogens is 312 g/mol. The predicted octanol–water partition coefficient (Wildman–Crippen LogP) is 5.10. The van der Waals surface area contributed by atoms with Crippen molar-refractivity contribution < 1.29 is 0 Å². The maximum absolute atomic E-state index is 6.01. The number of nitrogens with zero attached hydrogens (tertiary/aromatic N) is 2. The highest BCUT2D eigenvalue weighted by Crippen LogP contribution is 2.45. The summed E-state index contributed by atoms with van der Waals surface area (Å²) in [5.41, 5.74) is 6.30. The maximum atomic E-state index is 6.01. The van der Waals surface area contributed by atoms with Crippen molar-refractivity contribution in [1.82, 2.24) is 4.98 Å². The molecule has 0 spiro atoms. The van der Waals surface area contributed by atoms with Gasteiger partial charge in [-0.15, -0.1) is 11.3 Å². The normalized spacial score (nSPS) is 12.1. The Morgan fingerprint density at radius 2 is 1.77 bits per heavy atom. The van der Waals surface area contributed by atoms with E-state index in [1.165, 1.54) is 27.1 Å². The molecule has 110 valence electrons. The second kappa shape index (κ2) is 5.11. The fourth-order valence-electron chi connectivity index (χ4n) is 2.92. The summed E-state index contributed by atoms with van der Waals surface area (Å²) in [4.78, 5) is 8.24. The van der Waals surface area contributed by atoms with Crippen molar-refractivity contribution in [2.24, 2.45) is 0 Å². The van der Waals surface area contributed by atoms with E-state index in [0.29, 0.717) is 0 Å². The second-order valence-electron chi connectivity index (χ2n) is 5.68. The third-order valence-electron chi connectivity index (χ3n) is 3.99. The first-order valence-electron chi connectivity index (χ1n) is 7.18. The summed E-state index contributed by atoms with van der Waals surface area (Å²) >= 11 is 7.79. The molecule has 0 radical (unpaired) electrons. The van der Waals surface area contributed by atoms with Crippen LogP contribution in [0.15, 0.2) is 42.5 Å². The largest absolute Gasteiger partial charge is 0.354 e. The number of halogens is 1. The van der Waals surface area contributed by atoms with Gasteiger partial charge < -0.3 is 4.90 Å². The van der Waals surface area contributed by atoms with E-state index in [9.17, 15) is 0 Å². The number of fused-ring (bicyclic) bond motifs is 3. The maximum Gasteiger partial charge on any atom is 0.185 e. The Labute approximate surface area is 139 Å². The van der Waals surface area contributed by atoms with Crippen molar-refractivity contribution in [3.63, 3.8) is 0 Å². The van der Waals surface area contributed by atoms with Gasteiger partial charge in [-0.1, -0.05) is 41.9 Å². The molecule has 0 amide bonds. The summed E-state index contributed by atoms with van der Waals surface area (Å²) < 4.78 is 0. The third-order valence-corrected chi connectivity index (χ3v) is 5.47. The van der Waals surface area contributed by atoms with E-state index >= 15 is 0 Å². The van der Waals surface area contributed by atoms with Gasteiger partial charge in [0.2, 0.25) is 0 Å². The summed E-state index contributed by atoms with van der Waals surface area (Å²) in [7, 11) is 4.08. The number of thiazole rings is 1. The Balaban J connectivity index is 1.84. The van der Waals surface area contributed by atoms with Crippen molar-refractivity contribution in [3.05, 3.63) is 57.9 Å². The fraction of sp³-hybridized carbons (Fsp3) is 0.167. The second-order valence-corrected chi connectivity index (χ2v) is 7.18. The van der Waals surface area contributed by atoms with Gasteiger partial charge in [0, 0.05) is 36.0 Å². The summed E-state index contributed by atoms with van der Waals surface area (Å²) in [6, 6.07) is 14.6. The molecule has 1 aliphatic rings. The van der Waals surface area contributed by atoms with E-state index in [-0.39, 0.29) is 0 Å². The van der Waals surface area contributed by atoms with Crippen molar-refractivity contribution in [2.75, 3.05) is 19.0 Å². The zero-order valence-electron chi connectivity index (χ0n) is 12.4. The minimum absolute atomic E-state index is 0.771. The third kappa shape index (κ3) is 2.13. The Morgan fingerprint density at radius 3 is 2.50 bits per heavy atom. The number of hydrogen-bond acceptors (Lipinski definition) is 3. The first-order chi connectivity index (χ1) is 10.6. The molecule has 0 saturated carbocycles. The van der Waals surface area contributed by atoms with Gasteiger partial charge in [-0.2, -0.15) is 0 Å². The minimum atomic E-state index is 0.771. The van der Waals surface area contributed by atoms with Crippen LogP contribution in [-0.4, -0.2) is 19.1 Å². The lowest BCUT2D eigenvalue weighted by Gasteiger charge is -2.10. The number of aromatic nitrogens is 1. The SMILES string of the molecule is CN(C)c1nc2c(s1)Cc1c(-c3ccc(Cl)cc3)cccc1-2. The topological polar surface area (TPSA) is 16.1 Å². The highest BCUT2D eigenvalue weighted by Gasteiger charge is 2.26. The van der Waals surface area contributed by atoms with E-state index < -0.39 is 0 Å². The lowest BCUT2D eigenvalue weighted by atomic mass is 9.96. The molecular formula is C18H15ClN2S. The Kier molecular flexibility index (Phi) is 3.21. The molecule has 1 aliphatic carbocycles. The molecule has 4 rings (SSSR count). The molecule has 0 fully saturated rings. The Morgan fingerprint density at radius 1 is 1.05 bits per heavy atom. The highest BCUT2D eigenvalue weighted by atomic mass is 35.5. The molecule has 2 nitrogen and oxygen atoms in total. The van der Waals surface area contributed by atoms with Crippen molar-refractivity contribution in [1.29, 1.82) is 0 Å². The van der Waals surface area contributed by atoms with Crippen LogP contribution in [0.3, 0.4) is 0 Å². The summed E-state index contributed by atoms with van der Waals surface area (Å²) in [6.45, 7) is 0. The van der Waals surface area contributed by atoms with E-state index in [1.807, 2.05) is 26.2 Å². The number of benzene rings is 2. The minimum Gasteiger partial charge on any atom is -0.354 e. The van der Waals surface area contributed by atoms with Crippen LogP contribution in [0, 0.1) is 0 Å². The first-order valence-corrected chi connectivity index (χ1v) is 8.38. The Bertz CT molecular complexity index is 850. The molecule has 4 heteroatoms. The van der Waals surface area contributed by atoms with Gasteiger partial charge >= 0.3 is 0 Å². The van der Waals surface area contributed by atoms with Gasteiger partial charge in [0.15, 0.2) is 5.13 Å². The first kappa shape index (κ1) is 13.8. The van der Waals surface area contributed by atoms with Gasteiger partial charge in [-0.05, 0) is 28.8 Å². The van der Waals surface area contributed by atoms with Crippen LogP contribution in [0.5, 0.6) is 0 Å². The number of anilines is 1. The summed E-state index contributed by atoms with van der Waals surface area (Å²) in [6.07, 6.45) is 0.967. The Hall–Kier alpha value is -1.84. The lowest BCUT2D eigenvalue weighted by molar-refractivity contribution is 1.11. The average molecular weight is 327 g/mol. The molecule has 0 bridgehead atoms. The fourth-order valence-corrected chi connectivity index (χ4v) is 4.06. The average Bonchev–Trinajstić information content (AvgIpc) is 3.05. The quantitative estimate of drug-likeness (QED) is 0.509. The standard InChI is InChI=1S/C18H15ClN2S/c1-21(2)18-20-17-14-5-3-4-13(15(14)10-16(17)22-18)11-6-8-12(19)9-7-11/h3-9H,10H2,1-2H3. The molecule has 0 atom stereocenters. The molecule has 0 unspecified atom stereocenters. The molecule has 3 aromatic rings. The van der Waals surface area contributed by atoms with Crippen LogP contribution in [-0.2, 0) is 6.42 Å². The van der Waals surface area contributed by atoms with E-state index in [4.69, 9.17) is 16.6 Å². The van der Waals surface area contributed by atoms with Gasteiger partial charge in [0.05, 0.1) is 5.69 Å². The van der Waals surface area contributed by atoms with Crippen LogP contribution in [0.2, 0.25) is 5.02 Å². The van der Waals surface area contributed by atoms with E-state index in [0.717, 1.165) is 22.3 Å². The highest BCUT2D eigenvalue weighted by molar-refractivity contribution is 7.16. The molecule has 2 aromatic carbocycles. The molecule has 0 aliphatic heterocycles. The van der Waals surface area contributed by atoms with Crippen LogP contribution < -0.4 is 4.90 Å². The van der Waals surface area contributed by atoms with Crippen LogP contribution in [0.1, 0.15) is 10.4 Å². The summed E-state index contributed by atoms with van der Waals surface area (Å²) in [5.74, 6) is 0. The molecule has 1 heterocycles. The number of hydrogen-bond donors (Lipinski definition) is 0. The predicted molar refractivity (Wildman–Crippen MR) is 95.1 cm³/mol. The number of rotatable bonds is 2. The summed E-state index contributed by atoms with van der Waals surface area (Å²) in [5, 5.41) is 1.85. The van der Waals surface area contributed by atoms with Crippen molar-refractivity contribution >= 4 is 28.1 Å². The van der Waals surface area contributed by atoms with Crippen molar-refractivity contribution in [3.8, 4) is 22.4 Å². The van der Waals surface area contributed by atoms with Gasteiger partial charge in [-0.3, -0.25) is 0 Å². The van der Waals surface area contributed by atoms with Crippen LogP contribution in [0.25, 0.3) is 22.4 Å². The zero-order valence-corrected chi connectivity index (χ0v) is 14.0. The van der Waals surface area contributed by atoms with Crippen LogP contribution >= 0.6 is 22.9 Å². The monoisotopic (exact) mass is 326 g/mol. The van der Waals surface area contributed by atoms with E-state index in [1.54, 1.807) is 11.3 Å². The van der Waals surface area contributed by atoms with Gasteiger partial charge in [0.1, 0.15) is 0 Å². The zero-order chi connectivity index (χ0) is 15.3. The van der Waals surface area contributed by atoms with Gasteiger partial charge in [-0.25, -0.2) is 4.98 Å².